The van der Waals surface area contributed by atoms with Crippen molar-refractivity contribution in [2.75, 3.05) is 6.61 Å². The number of rotatable bonds is 4. The number of nitro benzene ring substituents is 1. The monoisotopic (exact) mass is 238 g/mol. The van der Waals surface area contributed by atoms with Gasteiger partial charge in [0, 0.05) is 23.2 Å². The number of amides is 1. The summed E-state index contributed by atoms with van der Waals surface area (Å²) in [5, 5.41) is 22.1. The second kappa shape index (κ2) is 5.40. The number of nitrogens with zero attached hydrogens (tertiary/aromatic N) is 1. The number of aliphatic hydroxyl groups is 1. The number of carbonyl (C=O) groups is 1. The van der Waals surface area contributed by atoms with Crippen LogP contribution in [0.15, 0.2) is 18.2 Å². The lowest BCUT2D eigenvalue weighted by atomic mass is 10.1. The summed E-state index contributed by atoms with van der Waals surface area (Å²) in [4.78, 5) is 21.9. The average Bonchev–Trinajstić information content (AvgIpc) is 2.28. The number of nitrogens with one attached hydrogen (secondary N) is 1. The Morgan fingerprint density at radius 1 is 1.59 bits per heavy atom. The second-order valence-corrected chi connectivity index (χ2v) is 3.76. The van der Waals surface area contributed by atoms with Crippen molar-refractivity contribution < 1.29 is 14.8 Å². The van der Waals surface area contributed by atoms with Gasteiger partial charge < -0.3 is 10.4 Å². The van der Waals surface area contributed by atoms with Crippen molar-refractivity contribution >= 4 is 11.6 Å². The Labute approximate surface area is 98.4 Å². The summed E-state index contributed by atoms with van der Waals surface area (Å²) in [6.07, 6.45) is 0. The molecule has 0 saturated heterocycles. The molecule has 0 aliphatic carbocycles. The maximum Gasteiger partial charge on any atom is 0.273 e. The zero-order chi connectivity index (χ0) is 13.0. The molecule has 0 fully saturated rings. The van der Waals surface area contributed by atoms with E-state index in [2.05, 4.69) is 5.32 Å². The molecule has 0 aromatic heterocycles. The molecule has 0 bridgehead atoms. The molecule has 6 nitrogen and oxygen atoms in total. The standard InChI is InChI=1S/C11H14N2O4/c1-7(6-14)12-11(15)9-4-3-5-10(8(9)2)13(16)17/h3-5,7,14H,6H2,1-2H3,(H,12,15)/t7-/m1/s1. The Bertz CT molecular complexity index is 445. The van der Waals surface area contributed by atoms with Crippen molar-refractivity contribution in [3.05, 3.63) is 39.4 Å². The van der Waals surface area contributed by atoms with Crippen LogP contribution in [-0.4, -0.2) is 28.6 Å². The average molecular weight is 238 g/mol. The molecule has 0 aliphatic heterocycles. The first-order chi connectivity index (χ1) is 7.97. The van der Waals surface area contributed by atoms with Crippen LogP contribution in [0.4, 0.5) is 5.69 Å². The molecule has 0 radical (unpaired) electrons. The quantitative estimate of drug-likeness (QED) is 0.605. The minimum absolute atomic E-state index is 0.0886. The largest absolute Gasteiger partial charge is 0.394 e. The Balaban J connectivity index is 3.02. The van der Waals surface area contributed by atoms with Crippen LogP contribution in [0.3, 0.4) is 0 Å². The smallest absolute Gasteiger partial charge is 0.273 e. The number of hydrogen-bond acceptors (Lipinski definition) is 4. The highest BCUT2D eigenvalue weighted by Gasteiger charge is 2.18. The van der Waals surface area contributed by atoms with Crippen molar-refractivity contribution in [1.29, 1.82) is 0 Å². The SMILES string of the molecule is Cc1c(C(=O)N[C@H](C)CO)cccc1[N+](=O)[O-]. The summed E-state index contributed by atoms with van der Waals surface area (Å²) >= 11 is 0. The van der Waals surface area contributed by atoms with E-state index >= 15 is 0 Å². The molecule has 1 aromatic carbocycles. The summed E-state index contributed by atoms with van der Waals surface area (Å²) in [5.41, 5.74) is 0.481. The highest BCUT2D eigenvalue weighted by Crippen LogP contribution is 2.20. The molecule has 1 atom stereocenters. The van der Waals surface area contributed by atoms with E-state index in [-0.39, 0.29) is 23.9 Å². The molecule has 0 unspecified atom stereocenters. The maximum absolute atomic E-state index is 11.8. The predicted molar refractivity (Wildman–Crippen MR) is 61.8 cm³/mol. The van der Waals surface area contributed by atoms with Gasteiger partial charge in [0.05, 0.1) is 11.5 Å². The van der Waals surface area contributed by atoms with Gasteiger partial charge in [0.2, 0.25) is 0 Å². The van der Waals surface area contributed by atoms with Gasteiger partial charge in [-0.3, -0.25) is 14.9 Å². The molecule has 6 heteroatoms. The molecule has 2 N–H and O–H groups in total. The fraction of sp³-hybridized carbons (Fsp3) is 0.364. The maximum atomic E-state index is 11.8. The van der Waals surface area contributed by atoms with Gasteiger partial charge in [-0.05, 0) is 19.9 Å². The molecule has 0 spiro atoms. The molecular weight excluding hydrogens is 224 g/mol. The first kappa shape index (κ1) is 13.1. The number of benzene rings is 1. The Hall–Kier alpha value is -1.95. The summed E-state index contributed by atoms with van der Waals surface area (Å²) < 4.78 is 0. The van der Waals surface area contributed by atoms with Crippen LogP contribution >= 0.6 is 0 Å². The zero-order valence-corrected chi connectivity index (χ0v) is 9.64. The van der Waals surface area contributed by atoms with E-state index in [1.54, 1.807) is 6.92 Å². The van der Waals surface area contributed by atoms with E-state index in [9.17, 15) is 14.9 Å². The minimum atomic E-state index is -0.526. The van der Waals surface area contributed by atoms with Crippen molar-refractivity contribution in [1.82, 2.24) is 5.32 Å². The molecular formula is C11H14N2O4. The summed E-state index contributed by atoms with van der Waals surface area (Å²) in [6.45, 7) is 2.99. The third kappa shape index (κ3) is 3.01. The molecule has 0 aliphatic rings. The molecule has 0 saturated carbocycles. The van der Waals surface area contributed by atoms with Gasteiger partial charge in [-0.15, -0.1) is 0 Å². The normalized spacial score (nSPS) is 11.9. The van der Waals surface area contributed by atoms with Gasteiger partial charge in [0.15, 0.2) is 0 Å². The van der Waals surface area contributed by atoms with Crippen LogP contribution in [0.2, 0.25) is 0 Å². The van der Waals surface area contributed by atoms with Gasteiger partial charge in [-0.25, -0.2) is 0 Å². The van der Waals surface area contributed by atoms with Crippen molar-refractivity contribution in [3.63, 3.8) is 0 Å². The van der Waals surface area contributed by atoms with Crippen LogP contribution in [0.25, 0.3) is 0 Å². The summed E-state index contributed by atoms with van der Waals surface area (Å²) in [5.74, 6) is -0.423. The third-order valence-electron chi connectivity index (χ3n) is 2.40. The third-order valence-corrected chi connectivity index (χ3v) is 2.40. The number of aliphatic hydroxyl groups excluding tert-OH is 1. The predicted octanol–water partition coefficient (Wildman–Crippen LogP) is 1.01. The number of hydrogen-bond donors (Lipinski definition) is 2. The Morgan fingerprint density at radius 2 is 2.24 bits per heavy atom. The molecule has 17 heavy (non-hydrogen) atoms. The van der Waals surface area contributed by atoms with E-state index < -0.39 is 10.8 Å². The number of nitro groups is 1. The first-order valence-electron chi connectivity index (χ1n) is 5.13. The van der Waals surface area contributed by atoms with E-state index in [0.717, 1.165) is 0 Å². The van der Waals surface area contributed by atoms with Crippen molar-refractivity contribution in [2.24, 2.45) is 0 Å². The van der Waals surface area contributed by atoms with E-state index in [4.69, 9.17) is 5.11 Å². The highest BCUT2D eigenvalue weighted by molar-refractivity contribution is 5.96. The lowest BCUT2D eigenvalue weighted by Gasteiger charge is -2.12. The topological polar surface area (TPSA) is 92.5 Å². The lowest BCUT2D eigenvalue weighted by Crippen LogP contribution is -2.35. The molecule has 92 valence electrons. The van der Waals surface area contributed by atoms with Gasteiger partial charge >= 0.3 is 0 Å². The molecule has 0 heterocycles. The van der Waals surface area contributed by atoms with Crippen LogP contribution in [0.5, 0.6) is 0 Å². The lowest BCUT2D eigenvalue weighted by molar-refractivity contribution is -0.385. The van der Waals surface area contributed by atoms with Gasteiger partial charge in [0.25, 0.3) is 11.6 Å². The van der Waals surface area contributed by atoms with Crippen LogP contribution in [0.1, 0.15) is 22.8 Å². The van der Waals surface area contributed by atoms with Gasteiger partial charge in [-0.1, -0.05) is 6.07 Å². The van der Waals surface area contributed by atoms with Gasteiger partial charge in [0.1, 0.15) is 0 Å². The zero-order valence-electron chi connectivity index (χ0n) is 9.64. The first-order valence-corrected chi connectivity index (χ1v) is 5.13. The molecule has 1 rings (SSSR count). The number of carbonyl (C=O) groups excluding carboxylic acids is 1. The van der Waals surface area contributed by atoms with E-state index in [0.29, 0.717) is 5.56 Å². The second-order valence-electron chi connectivity index (χ2n) is 3.76. The summed E-state index contributed by atoms with van der Waals surface area (Å²) in [7, 11) is 0. The Morgan fingerprint density at radius 3 is 2.76 bits per heavy atom. The fourth-order valence-corrected chi connectivity index (χ4v) is 1.41. The van der Waals surface area contributed by atoms with Crippen LogP contribution in [-0.2, 0) is 0 Å². The van der Waals surface area contributed by atoms with Crippen LogP contribution in [0, 0.1) is 17.0 Å². The van der Waals surface area contributed by atoms with Gasteiger partial charge in [-0.2, -0.15) is 0 Å². The van der Waals surface area contributed by atoms with Crippen LogP contribution < -0.4 is 5.32 Å². The minimum Gasteiger partial charge on any atom is -0.394 e. The van der Waals surface area contributed by atoms with Crippen molar-refractivity contribution in [2.45, 2.75) is 19.9 Å². The Kier molecular flexibility index (Phi) is 4.17. The van der Waals surface area contributed by atoms with Crippen molar-refractivity contribution in [3.8, 4) is 0 Å². The fourth-order valence-electron chi connectivity index (χ4n) is 1.41. The van der Waals surface area contributed by atoms with E-state index in [1.807, 2.05) is 0 Å². The van der Waals surface area contributed by atoms with E-state index in [1.165, 1.54) is 25.1 Å². The molecule has 1 aromatic rings. The summed E-state index contributed by atoms with van der Waals surface area (Å²) in [6, 6.07) is 3.94. The molecule has 1 amide bonds. The highest BCUT2D eigenvalue weighted by atomic mass is 16.6.